The highest BCUT2D eigenvalue weighted by Crippen LogP contribution is 2.17. The number of benzene rings is 1. The summed E-state index contributed by atoms with van der Waals surface area (Å²) >= 11 is 4.88. The minimum Gasteiger partial charge on any atom is -0.389 e. The van der Waals surface area contributed by atoms with Crippen LogP contribution in [-0.4, -0.2) is 23.0 Å². The monoisotopic (exact) mass is 296 g/mol. The molecule has 0 radical (unpaired) electrons. The van der Waals surface area contributed by atoms with Gasteiger partial charge in [-0.2, -0.15) is 0 Å². The van der Waals surface area contributed by atoms with Crippen LogP contribution in [0.25, 0.3) is 0 Å². The van der Waals surface area contributed by atoms with Crippen molar-refractivity contribution in [1.29, 1.82) is 0 Å². The van der Waals surface area contributed by atoms with Gasteiger partial charge in [0, 0.05) is 24.2 Å². The van der Waals surface area contributed by atoms with Crippen LogP contribution >= 0.6 is 12.2 Å². The zero-order valence-corrected chi connectivity index (χ0v) is 13.5. The summed E-state index contributed by atoms with van der Waals surface area (Å²) in [4.78, 5) is 2.40. The molecule has 0 aromatic heterocycles. The first-order chi connectivity index (χ1) is 9.53. The molecular weight excluding hydrogens is 271 g/mol. The lowest BCUT2D eigenvalue weighted by atomic mass is 10.0. The molecule has 0 fully saturated rings. The van der Waals surface area contributed by atoms with Gasteiger partial charge in [-0.1, -0.05) is 58.0 Å². The third-order valence-electron chi connectivity index (χ3n) is 3.86. The summed E-state index contributed by atoms with van der Waals surface area (Å²) in [6, 6.07) is 5.27. The van der Waals surface area contributed by atoms with Crippen molar-refractivity contribution in [2.24, 2.45) is 11.7 Å². The molecule has 2 nitrogen and oxygen atoms in total. The molecule has 0 unspecified atom stereocenters. The lowest BCUT2D eigenvalue weighted by Crippen LogP contribution is -2.29. The highest BCUT2D eigenvalue weighted by Gasteiger charge is 2.15. The van der Waals surface area contributed by atoms with E-state index in [9.17, 15) is 4.39 Å². The molecule has 0 saturated carbocycles. The van der Waals surface area contributed by atoms with E-state index in [0.29, 0.717) is 23.6 Å². The van der Waals surface area contributed by atoms with Crippen molar-refractivity contribution in [3.05, 3.63) is 35.1 Å². The van der Waals surface area contributed by atoms with Crippen LogP contribution in [0.2, 0.25) is 0 Å². The van der Waals surface area contributed by atoms with Crippen LogP contribution in [0.3, 0.4) is 0 Å². The second kappa shape index (κ2) is 8.32. The van der Waals surface area contributed by atoms with Crippen LogP contribution in [0.5, 0.6) is 0 Å². The van der Waals surface area contributed by atoms with E-state index in [1.807, 2.05) is 12.1 Å². The highest BCUT2D eigenvalue weighted by molar-refractivity contribution is 7.80. The number of halogens is 1. The molecule has 0 heterocycles. The van der Waals surface area contributed by atoms with Gasteiger partial charge in [-0.25, -0.2) is 4.39 Å². The third-order valence-corrected chi connectivity index (χ3v) is 4.08. The molecule has 0 aliphatic rings. The zero-order valence-electron chi connectivity index (χ0n) is 12.7. The van der Waals surface area contributed by atoms with Gasteiger partial charge in [0.05, 0.1) is 0 Å². The molecule has 1 aromatic rings. The molecule has 1 rings (SSSR count). The average Bonchev–Trinajstić information content (AvgIpc) is 2.44. The standard InChI is InChI=1S/C16H25FN2S/c1-4-12(5-2)10-19(6-3)11-13-8-7-9-14(15(13)17)16(18)20/h7-9,12H,4-6,10-11H2,1-3H3,(H2,18,20). The summed E-state index contributed by atoms with van der Waals surface area (Å²) in [6.45, 7) is 9.03. The van der Waals surface area contributed by atoms with Crippen LogP contribution in [0.15, 0.2) is 18.2 Å². The topological polar surface area (TPSA) is 29.3 Å². The van der Waals surface area contributed by atoms with Crippen molar-refractivity contribution in [3.8, 4) is 0 Å². The zero-order chi connectivity index (χ0) is 15.1. The van der Waals surface area contributed by atoms with E-state index >= 15 is 0 Å². The Morgan fingerprint density at radius 2 is 1.95 bits per heavy atom. The van der Waals surface area contributed by atoms with Gasteiger partial charge in [-0.05, 0) is 18.5 Å². The SMILES string of the molecule is CCC(CC)CN(CC)Cc1cccc(C(N)=S)c1F. The van der Waals surface area contributed by atoms with Crippen molar-refractivity contribution in [3.63, 3.8) is 0 Å². The second-order valence-corrected chi connectivity index (χ2v) is 5.59. The fourth-order valence-electron chi connectivity index (χ4n) is 2.35. The summed E-state index contributed by atoms with van der Waals surface area (Å²) in [5.41, 5.74) is 6.56. The molecule has 2 N–H and O–H groups in total. The normalized spacial score (nSPS) is 11.3. The number of hydrogen-bond donors (Lipinski definition) is 1. The fraction of sp³-hybridized carbons (Fsp3) is 0.562. The number of nitrogens with zero attached hydrogens (tertiary/aromatic N) is 1. The molecular formula is C16H25FN2S. The first-order valence-corrected chi connectivity index (χ1v) is 7.73. The minimum atomic E-state index is -0.275. The summed E-state index contributed by atoms with van der Waals surface area (Å²) < 4.78 is 14.3. The van der Waals surface area contributed by atoms with Crippen molar-refractivity contribution >= 4 is 17.2 Å². The molecule has 4 heteroatoms. The second-order valence-electron chi connectivity index (χ2n) is 5.15. The predicted octanol–water partition coefficient (Wildman–Crippen LogP) is 3.72. The minimum absolute atomic E-state index is 0.118. The van der Waals surface area contributed by atoms with Crippen LogP contribution in [0.4, 0.5) is 4.39 Å². The highest BCUT2D eigenvalue weighted by atomic mass is 32.1. The Morgan fingerprint density at radius 1 is 1.30 bits per heavy atom. The molecule has 0 atom stereocenters. The van der Waals surface area contributed by atoms with Gasteiger partial charge in [-0.15, -0.1) is 0 Å². The van der Waals surface area contributed by atoms with Crippen LogP contribution in [-0.2, 0) is 6.54 Å². The number of rotatable bonds is 8. The van der Waals surface area contributed by atoms with Gasteiger partial charge in [0.2, 0.25) is 0 Å². The van der Waals surface area contributed by atoms with Gasteiger partial charge in [0.25, 0.3) is 0 Å². The smallest absolute Gasteiger partial charge is 0.137 e. The molecule has 20 heavy (non-hydrogen) atoms. The summed E-state index contributed by atoms with van der Waals surface area (Å²) in [6.07, 6.45) is 2.31. The van der Waals surface area contributed by atoms with Crippen molar-refractivity contribution < 1.29 is 4.39 Å². The maximum absolute atomic E-state index is 14.3. The van der Waals surface area contributed by atoms with E-state index in [1.165, 1.54) is 0 Å². The van der Waals surface area contributed by atoms with E-state index in [0.717, 1.165) is 25.9 Å². The quantitative estimate of drug-likeness (QED) is 0.741. The van der Waals surface area contributed by atoms with E-state index in [1.54, 1.807) is 6.07 Å². The van der Waals surface area contributed by atoms with Gasteiger partial charge in [0.15, 0.2) is 0 Å². The molecule has 0 aliphatic carbocycles. The van der Waals surface area contributed by atoms with E-state index in [4.69, 9.17) is 18.0 Å². The van der Waals surface area contributed by atoms with Gasteiger partial charge >= 0.3 is 0 Å². The summed E-state index contributed by atoms with van der Waals surface area (Å²) in [5, 5.41) is 0. The van der Waals surface area contributed by atoms with Gasteiger partial charge < -0.3 is 5.73 Å². The molecule has 1 aromatic carbocycles. The Labute approximate surface area is 127 Å². The van der Waals surface area contributed by atoms with Gasteiger partial charge in [0.1, 0.15) is 10.8 Å². The van der Waals surface area contributed by atoms with Crippen molar-refractivity contribution in [1.82, 2.24) is 4.90 Å². The molecule has 0 aliphatic heterocycles. The third kappa shape index (κ3) is 4.53. The number of thiocarbonyl (C=S) groups is 1. The Balaban J connectivity index is 2.85. The average molecular weight is 296 g/mol. The molecule has 112 valence electrons. The van der Waals surface area contributed by atoms with E-state index in [-0.39, 0.29) is 10.8 Å². The largest absolute Gasteiger partial charge is 0.389 e. The molecule has 0 spiro atoms. The van der Waals surface area contributed by atoms with Crippen molar-refractivity contribution in [2.75, 3.05) is 13.1 Å². The van der Waals surface area contributed by atoms with E-state index in [2.05, 4.69) is 25.7 Å². The molecule has 0 saturated heterocycles. The number of nitrogens with two attached hydrogens (primary N) is 1. The van der Waals surface area contributed by atoms with Crippen LogP contribution < -0.4 is 5.73 Å². The Morgan fingerprint density at radius 3 is 2.45 bits per heavy atom. The van der Waals surface area contributed by atoms with E-state index < -0.39 is 0 Å². The lowest BCUT2D eigenvalue weighted by molar-refractivity contribution is 0.223. The predicted molar refractivity (Wildman–Crippen MR) is 87.3 cm³/mol. The molecule has 0 amide bonds. The maximum atomic E-state index is 14.3. The number of hydrogen-bond acceptors (Lipinski definition) is 2. The first-order valence-electron chi connectivity index (χ1n) is 7.32. The Kier molecular flexibility index (Phi) is 7.10. The Hall–Kier alpha value is -1.00. The molecule has 0 bridgehead atoms. The lowest BCUT2D eigenvalue weighted by Gasteiger charge is -2.25. The summed E-state index contributed by atoms with van der Waals surface area (Å²) in [5.74, 6) is 0.389. The van der Waals surface area contributed by atoms with Gasteiger partial charge in [-0.3, -0.25) is 4.90 Å². The summed E-state index contributed by atoms with van der Waals surface area (Å²) in [7, 11) is 0. The first kappa shape index (κ1) is 17.1. The van der Waals surface area contributed by atoms with Crippen LogP contribution in [0, 0.1) is 11.7 Å². The Bertz CT molecular complexity index is 444. The maximum Gasteiger partial charge on any atom is 0.137 e. The van der Waals surface area contributed by atoms with Crippen molar-refractivity contribution in [2.45, 2.75) is 40.2 Å². The fourth-order valence-corrected chi connectivity index (χ4v) is 2.51. The van der Waals surface area contributed by atoms with Crippen LogP contribution in [0.1, 0.15) is 44.7 Å².